The number of unbranched alkanes of at least 4 members (excludes halogenated alkanes) is 2. The van der Waals surface area contributed by atoms with E-state index in [-0.39, 0.29) is 18.6 Å². The molecular formula is C15H32O4. The molecule has 0 heterocycles. The van der Waals surface area contributed by atoms with E-state index in [1.54, 1.807) is 13.8 Å². The number of aliphatic hydroxyl groups is 2. The molecular weight excluding hydrogens is 244 g/mol. The number of carbonyl (C=O) groups is 1. The first kappa shape index (κ1) is 26.4. The van der Waals surface area contributed by atoms with Crippen molar-refractivity contribution in [3.8, 4) is 0 Å². The molecule has 0 aliphatic carbocycles. The summed E-state index contributed by atoms with van der Waals surface area (Å²) >= 11 is 0. The summed E-state index contributed by atoms with van der Waals surface area (Å²) in [5.74, 6) is -0.682. The van der Waals surface area contributed by atoms with Crippen LogP contribution in [0.3, 0.4) is 0 Å². The quantitative estimate of drug-likeness (QED) is 0.514. The Hall–Kier alpha value is -1.13. The molecule has 0 aromatic rings. The van der Waals surface area contributed by atoms with Gasteiger partial charge in [0.2, 0.25) is 0 Å². The van der Waals surface area contributed by atoms with E-state index in [9.17, 15) is 4.79 Å². The van der Waals surface area contributed by atoms with Crippen molar-refractivity contribution in [2.24, 2.45) is 5.41 Å². The standard InChI is InChI=1S/C6H12O2.C5H12O2.2C2H4/c1-2-3-4-5-6(7)8;1-5(2,3-6)4-7;2*1-2/h2-5H2,1H3,(H,7,8);6-7H,3-4H2,1-2H3;2*1-2H2. The van der Waals surface area contributed by atoms with Gasteiger partial charge in [0.15, 0.2) is 0 Å². The topological polar surface area (TPSA) is 77.8 Å². The lowest BCUT2D eigenvalue weighted by Gasteiger charge is -2.16. The summed E-state index contributed by atoms with van der Waals surface area (Å²) in [7, 11) is 0. The Bertz CT molecular complexity index is 171. The van der Waals surface area contributed by atoms with Gasteiger partial charge in [-0.05, 0) is 6.42 Å². The van der Waals surface area contributed by atoms with Gasteiger partial charge >= 0.3 is 5.97 Å². The van der Waals surface area contributed by atoms with Crippen molar-refractivity contribution in [3.05, 3.63) is 26.3 Å². The van der Waals surface area contributed by atoms with Crippen LogP contribution in [0.5, 0.6) is 0 Å². The van der Waals surface area contributed by atoms with Gasteiger partial charge in [-0.2, -0.15) is 0 Å². The smallest absolute Gasteiger partial charge is 0.303 e. The maximum absolute atomic E-state index is 9.87. The average Bonchev–Trinajstić information content (AvgIpc) is 2.44. The Morgan fingerprint density at radius 1 is 1.00 bits per heavy atom. The molecule has 0 fully saturated rings. The first-order valence-electron chi connectivity index (χ1n) is 6.33. The second-order valence-corrected chi connectivity index (χ2v) is 4.33. The number of aliphatic carboxylic acids is 1. The largest absolute Gasteiger partial charge is 0.481 e. The Morgan fingerprint density at radius 2 is 1.37 bits per heavy atom. The minimum atomic E-state index is -0.682. The van der Waals surface area contributed by atoms with Crippen LogP contribution in [0.1, 0.15) is 46.5 Å². The van der Waals surface area contributed by atoms with E-state index in [2.05, 4.69) is 33.2 Å². The minimum Gasteiger partial charge on any atom is -0.481 e. The third-order valence-electron chi connectivity index (χ3n) is 1.85. The maximum Gasteiger partial charge on any atom is 0.303 e. The van der Waals surface area contributed by atoms with Crippen molar-refractivity contribution in [1.82, 2.24) is 0 Å². The number of hydrogen-bond acceptors (Lipinski definition) is 3. The van der Waals surface area contributed by atoms with Gasteiger partial charge in [-0.25, -0.2) is 0 Å². The molecule has 0 rings (SSSR count). The molecule has 4 nitrogen and oxygen atoms in total. The van der Waals surface area contributed by atoms with Crippen molar-refractivity contribution in [1.29, 1.82) is 0 Å². The van der Waals surface area contributed by atoms with E-state index < -0.39 is 5.97 Å². The first-order valence-corrected chi connectivity index (χ1v) is 6.33. The lowest BCUT2D eigenvalue weighted by Crippen LogP contribution is -2.20. The highest BCUT2D eigenvalue weighted by atomic mass is 16.4. The molecule has 0 radical (unpaired) electrons. The fourth-order valence-corrected chi connectivity index (χ4v) is 0.576. The first-order chi connectivity index (χ1) is 8.89. The average molecular weight is 276 g/mol. The van der Waals surface area contributed by atoms with Crippen LogP contribution in [-0.4, -0.2) is 34.5 Å². The molecule has 0 aromatic heterocycles. The van der Waals surface area contributed by atoms with E-state index in [1.807, 2.05) is 0 Å². The number of carboxylic acid groups (broad SMARTS) is 1. The van der Waals surface area contributed by atoms with Gasteiger partial charge in [-0.1, -0.05) is 33.6 Å². The third-order valence-corrected chi connectivity index (χ3v) is 1.85. The number of rotatable bonds is 6. The third kappa shape index (κ3) is 38.3. The molecule has 3 N–H and O–H groups in total. The normalized spacial score (nSPS) is 8.68. The van der Waals surface area contributed by atoms with Gasteiger partial charge in [0, 0.05) is 11.8 Å². The lowest BCUT2D eigenvalue weighted by atomic mass is 9.97. The predicted molar refractivity (Wildman–Crippen MR) is 82.2 cm³/mol. The zero-order chi connectivity index (χ0) is 16.3. The van der Waals surface area contributed by atoms with Crippen LogP contribution in [0.25, 0.3) is 0 Å². The number of hydrogen-bond donors (Lipinski definition) is 3. The van der Waals surface area contributed by atoms with Crippen molar-refractivity contribution in [2.45, 2.75) is 46.5 Å². The zero-order valence-electron chi connectivity index (χ0n) is 12.8. The zero-order valence-corrected chi connectivity index (χ0v) is 12.8. The molecule has 0 aliphatic heterocycles. The highest BCUT2D eigenvalue weighted by Gasteiger charge is 2.13. The van der Waals surface area contributed by atoms with E-state index in [4.69, 9.17) is 15.3 Å². The summed E-state index contributed by atoms with van der Waals surface area (Å²) in [6.07, 6.45) is 3.28. The van der Waals surface area contributed by atoms with Gasteiger partial charge in [0.05, 0.1) is 13.2 Å². The van der Waals surface area contributed by atoms with Gasteiger partial charge < -0.3 is 15.3 Å². The second-order valence-electron chi connectivity index (χ2n) is 4.33. The van der Waals surface area contributed by atoms with Crippen LogP contribution in [-0.2, 0) is 4.79 Å². The van der Waals surface area contributed by atoms with Crippen LogP contribution in [0, 0.1) is 5.41 Å². The molecule has 0 amide bonds. The van der Waals surface area contributed by atoms with Crippen LogP contribution in [0.4, 0.5) is 0 Å². The van der Waals surface area contributed by atoms with E-state index in [1.165, 1.54) is 0 Å². The van der Waals surface area contributed by atoms with Crippen LogP contribution in [0.2, 0.25) is 0 Å². The minimum absolute atomic E-state index is 0.0451. The Labute approximate surface area is 118 Å². The molecule has 0 unspecified atom stereocenters. The van der Waals surface area contributed by atoms with E-state index in [0.29, 0.717) is 6.42 Å². The highest BCUT2D eigenvalue weighted by Crippen LogP contribution is 2.10. The molecule has 0 atom stereocenters. The summed E-state index contributed by atoms with van der Waals surface area (Å²) in [5, 5.41) is 25.0. The monoisotopic (exact) mass is 276 g/mol. The fourth-order valence-electron chi connectivity index (χ4n) is 0.576. The predicted octanol–water partition coefficient (Wildman–Crippen LogP) is 3.25. The molecule has 0 saturated carbocycles. The fraction of sp³-hybridized carbons (Fsp3) is 0.667. The van der Waals surface area contributed by atoms with Gasteiger partial charge in [0.1, 0.15) is 0 Å². The number of aliphatic hydroxyl groups excluding tert-OH is 2. The highest BCUT2D eigenvalue weighted by molar-refractivity contribution is 5.66. The molecule has 0 saturated heterocycles. The Balaban J connectivity index is -0.0000000941. The molecule has 4 heteroatoms. The lowest BCUT2D eigenvalue weighted by molar-refractivity contribution is -0.137. The van der Waals surface area contributed by atoms with E-state index in [0.717, 1.165) is 19.3 Å². The van der Waals surface area contributed by atoms with Crippen molar-refractivity contribution in [3.63, 3.8) is 0 Å². The summed E-state index contributed by atoms with van der Waals surface area (Å²) < 4.78 is 0. The van der Waals surface area contributed by atoms with Gasteiger partial charge in [0.25, 0.3) is 0 Å². The molecule has 0 bridgehead atoms. The van der Waals surface area contributed by atoms with Crippen LogP contribution in [0.15, 0.2) is 26.3 Å². The summed E-state index contributed by atoms with van der Waals surface area (Å²) in [6, 6.07) is 0. The summed E-state index contributed by atoms with van der Waals surface area (Å²) in [5.41, 5.74) is -0.306. The molecule has 0 spiro atoms. The maximum atomic E-state index is 9.87. The molecule has 0 aromatic carbocycles. The Morgan fingerprint density at radius 3 is 1.53 bits per heavy atom. The molecule has 116 valence electrons. The van der Waals surface area contributed by atoms with Crippen LogP contribution < -0.4 is 0 Å². The van der Waals surface area contributed by atoms with Crippen molar-refractivity contribution < 1.29 is 20.1 Å². The molecule has 19 heavy (non-hydrogen) atoms. The van der Waals surface area contributed by atoms with Gasteiger partial charge in [-0.3, -0.25) is 4.79 Å². The van der Waals surface area contributed by atoms with Gasteiger partial charge in [-0.15, -0.1) is 26.3 Å². The van der Waals surface area contributed by atoms with Crippen LogP contribution >= 0.6 is 0 Å². The Kier molecular flexibility index (Phi) is 30.7. The van der Waals surface area contributed by atoms with E-state index >= 15 is 0 Å². The molecule has 0 aliphatic rings. The summed E-state index contributed by atoms with van der Waals surface area (Å²) in [4.78, 5) is 9.87. The van der Waals surface area contributed by atoms with Crippen molar-refractivity contribution in [2.75, 3.05) is 13.2 Å². The summed E-state index contributed by atoms with van der Waals surface area (Å²) in [6.45, 7) is 17.7. The van der Waals surface area contributed by atoms with Crippen molar-refractivity contribution >= 4 is 5.97 Å². The SMILES string of the molecule is C=C.C=C.CC(C)(CO)CO.CCCCCC(=O)O. The second kappa shape index (κ2) is 22.1. The number of carboxylic acids is 1.